The van der Waals surface area contributed by atoms with Crippen molar-refractivity contribution in [3.05, 3.63) is 23.5 Å². The number of rotatable bonds is 3. The van der Waals surface area contributed by atoms with E-state index in [1.54, 1.807) is 5.57 Å². The van der Waals surface area contributed by atoms with E-state index in [0.29, 0.717) is 11.3 Å². The molecule has 0 heterocycles. The summed E-state index contributed by atoms with van der Waals surface area (Å²) in [6.07, 6.45) is 13.7. The number of hydrogen-bond acceptors (Lipinski definition) is 2. The summed E-state index contributed by atoms with van der Waals surface area (Å²) in [5.74, 6) is 5.03. The van der Waals surface area contributed by atoms with Gasteiger partial charge in [0.25, 0.3) is 0 Å². The number of allylic oxidation sites excluding steroid dienone is 4. The number of ether oxygens (including phenoxy) is 1. The minimum Gasteiger partial charge on any atom is -0.498 e. The van der Waals surface area contributed by atoms with Crippen LogP contribution in [0.3, 0.4) is 0 Å². The van der Waals surface area contributed by atoms with E-state index < -0.39 is 0 Å². The van der Waals surface area contributed by atoms with Crippen molar-refractivity contribution in [3.63, 3.8) is 0 Å². The predicted molar refractivity (Wildman–Crippen MR) is 97.3 cm³/mol. The molecule has 2 saturated carbocycles. The van der Waals surface area contributed by atoms with Gasteiger partial charge in [0.05, 0.1) is 18.5 Å². The van der Waals surface area contributed by atoms with Gasteiger partial charge in [0, 0.05) is 6.42 Å². The molecule has 0 saturated heterocycles. The summed E-state index contributed by atoms with van der Waals surface area (Å²) in [5.41, 5.74) is 1.95. The van der Waals surface area contributed by atoms with Gasteiger partial charge in [0.2, 0.25) is 0 Å². The Labute approximate surface area is 147 Å². The Kier molecular flexibility index (Phi) is 4.31. The van der Waals surface area contributed by atoms with Crippen LogP contribution in [0, 0.1) is 35.0 Å². The summed E-state index contributed by atoms with van der Waals surface area (Å²) < 4.78 is 5.79. The predicted octanol–water partition coefficient (Wildman–Crippen LogP) is 5.09. The first-order valence-corrected chi connectivity index (χ1v) is 10.3. The molecule has 0 spiro atoms. The van der Waals surface area contributed by atoms with Gasteiger partial charge < -0.3 is 9.84 Å². The van der Waals surface area contributed by atoms with Crippen LogP contribution >= 0.6 is 0 Å². The molecule has 2 fully saturated rings. The molecule has 2 heteroatoms. The third-order valence-electron chi connectivity index (χ3n) is 8.08. The van der Waals surface area contributed by atoms with E-state index in [1.165, 1.54) is 44.3 Å². The van der Waals surface area contributed by atoms with E-state index in [-0.39, 0.29) is 6.10 Å². The van der Waals surface area contributed by atoms with Crippen LogP contribution in [0.2, 0.25) is 0 Å². The summed E-state index contributed by atoms with van der Waals surface area (Å²) in [6, 6.07) is 0. The molecule has 0 aromatic heterocycles. The molecule has 134 valence electrons. The third kappa shape index (κ3) is 2.48. The Morgan fingerprint density at radius 2 is 2.08 bits per heavy atom. The average molecular weight is 331 g/mol. The maximum Gasteiger partial charge on any atom is 0.0962 e. The highest BCUT2D eigenvalue weighted by Gasteiger charge is 2.56. The molecule has 1 N–H and O–H groups in total. The van der Waals surface area contributed by atoms with Crippen LogP contribution in [-0.2, 0) is 4.74 Å². The molecule has 2 nitrogen and oxygen atoms in total. The van der Waals surface area contributed by atoms with Crippen molar-refractivity contribution in [2.75, 3.05) is 6.61 Å². The van der Waals surface area contributed by atoms with Gasteiger partial charge >= 0.3 is 0 Å². The zero-order valence-corrected chi connectivity index (χ0v) is 15.6. The largest absolute Gasteiger partial charge is 0.498 e. The van der Waals surface area contributed by atoms with Gasteiger partial charge in [-0.15, -0.1) is 0 Å². The van der Waals surface area contributed by atoms with E-state index in [2.05, 4.69) is 26.0 Å². The van der Waals surface area contributed by atoms with Gasteiger partial charge in [-0.1, -0.05) is 13.0 Å². The lowest BCUT2D eigenvalue weighted by Gasteiger charge is -2.53. The van der Waals surface area contributed by atoms with E-state index in [1.807, 2.05) is 6.92 Å². The van der Waals surface area contributed by atoms with Crippen molar-refractivity contribution in [3.8, 4) is 0 Å². The Morgan fingerprint density at radius 3 is 2.83 bits per heavy atom. The van der Waals surface area contributed by atoms with Crippen molar-refractivity contribution in [1.29, 1.82) is 0 Å². The molecule has 0 bridgehead atoms. The van der Waals surface area contributed by atoms with Gasteiger partial charge in [-0.05, 0) is 99.0 Å². The minimum atomic E-state index is -0.141. The smallest absolute Gasteiger partial charge is 0.0962 e. The molecular formula is C22H34O2. The van der Waals surface area contributed by atoms with Crippen LogP contribution in [-0.4, -0.2) is 17.8 Å². The zero-order chi connectivity index (χ0) is 16.9. The van der Waals surface area contributed by atoms with Gasteiger partial charge in [-0.2, -0.15) is 0 Å². The Balaban J connectivity index is 1.58. The van der Waals surface area contributed by atoms with Gasteiger partial charge in [-0.25, -0.2) is 0 Å². The van der Waals surface area contributed by atoms with Crippen LogP contribution in [0.25, 0.3) is 0 Å². The quantitative estimate of drug-likeness (QED) is 0.781. The number of aliphatic hydroxyl groups is 1. The average Bonchev–Trinajstić information content (AvgIpc) is 2.92. The Morgan fingerprint density at radius 1 is 1.25 bits per heavy atom. The lowest BCUT2D eigenvalue weighted by molar-refractivity contribution is -0.0411. The molecule has 4 aliphatic rings. The van der Waals surface area contributed by atoms with E-state index in [4.69, 9.17) is 4.74 Å². The van der Waals surface area contributed by atoms with Crippen LogP contribution in [0.1, 0.15) is 65.7 Å². The molecule has 0 amide bonds. The van der Waals surface area contributed by atoms with Crippen molar-refractivity contribution in [2.45, 2.75) is 71.8 Å². The molecule has 0 radical (unpaired) electrons. The number of hydrogen-bond donors (Lipinski definition) is 1. The Bertz CT molecular complexity index is 546. The van der Waals surface area contributed by atoms with Crippen molar-refractivity contribution >= 4 is 0 Å². The summed E-state index contributed by atoms with van der Waals surface area (Å²) >= 11 is 0. The maximum absolute atomic E-state index is 10.3. The first-order chi connectivity index (χ1) is 11.5. The molecule has 4 aliphatic carbocycles. The molecule has 24 heavy (non-hydrogen) atoms. The monoisotopic (exact) mass is 330 g/mol. The van der Waals surface area contributed by atoms with Crippen molar-refractivity contribution < 1.29 is 9.84 Å². The highest BCUT2D eigenvalue weighted by molar-refractivity contribution is 5.31. The fraction of sp³-hybridized carbons (Fsp3) is 0.818. The van der Waals surface area contributed by atoms with Gasteiger partial charge in [0.15, 0.2) is 0 Å². The van der Waals surface area contributed by atoms with Crippen LogP contribution in [0.5, 0.6) is 0 Å². The van der Waals surface area contributed by atoms with E-state index >= 15 is 0 Å². The van der Waals surface area contributed by atoms with Crippen LogP contribution in [0.15, 0.2) is 23.5 Å². The lowest BCUT2D eigenvalue weighted by Crippen LogP contribution is -2.47. The standard InChI is InChI=1S/C22H34O2/c1-4-24-16-6-8-17-15(13-16)5-7-19-18(17)11-12-22(3)20(14(2)23)9-10-21(19)22/h5,13-14,17-21,23H,4,6-12H2,1-3H3/t14?,17?,18?,19?,20-,21?,22-/m0/s1. The number of fused-ring (bicyclic) bond motifs is 5. The second-order valence-electron chi connectivity index (χ2n) is 9.03. The minimum absolute atomic E-state index is 0.141. The topological polar surface area (TPSA) is 29.5 Å². The van der Waals surface area contributed by atoms with Crippen LogP contribution < -0.4 is 0 Å². The highest BCUT2D eigenvalue weighted by Crippen LogP contribution is 2.63. The van der Waals surface area contributed by atoms with Crippen molar-refractivity contribution in [1.82, 2.24) is 0 Å². The summed E-state index contributed by atoms with van der Waals surface area (Å²) in [6.45, 7) is 7.38. The number of aliphatic hydroxyl groups excluding tert-OH is 1. The second-order valence-corrected chi connectivity index (χ2v) is 9.03. The fourth-order valence-corrected chi connectivity index (χ4v) is 7.06. The first-order valence-electron chi connectivity index (χ1n) is 10.3. The lowest BCUT2D eigenvalue weighted by atomic mass is 9.52. The molecule has 0 aromatic rings. The SMILES string of the molecule is CCOC1=CC2=CCC3C(CC[C@]4(C)C3CC[C@H]4C(C)O)C2CC1. The molecule has 0 aliphatic heterocycles. The van der Waals surface area contributed by atoms with Gasteiger partial charge in [0.1, 0.15) is 0 Å². The maximum atomic E-state index is 10.3. The van der Waals surface area contributed by atoms with E-state index in [9.17, 15) is 5.11 Å². The molecule has 5 unspecified atom stereocenters. The van der Waals surface area contributed by atoms with Crippen LogP contribution in [0.4, 0.5) is 0 Å². The first kappa shape index (κ1) is 16.7. The van der Waals surface area contributed by atoms with E-state index in [0.717, 1.165) is 36.7 Å². The molecular weight excluding hydrogens is 296 g/mol. The molecule has 4 rings (SSSR count). The summed E-state index contributed by atoms with van der Waals surface area (Å²) in [5, 5.41) is 10.3. The Hall–Kier alpha value is -0.760. The van der Waals surface area contributed by atoms with Gasteiger partial charge in [-0.3, -0.25) is 0 Å². The summed E-state index contributed by atoms with van der Waals surface area (Å²) in [4.78, 5) is 0. The highest BCUT2D eigenvalue weighted by atomic mass is 16.5. The third-order valence-corrected chi connectivity index (χ3v) is 8.08. The van der Waals surface area contributed by atoms with Crippen molar-refractivity contribution in [2.24, 2.45) is 35.0 Å². The normalized spacial score (nSPS) is 45.4. The zero-order valence-electron chi connectivity index (χ0n) is 15.6. The summed E-state index contributed by atoms with van der Waals surface area (Å²) in [7, 11) is 0. The fourth-order valence-electron chi connectivity index (χ4n) is 7.06. The molecule has 7 atom stereocenters. The second kappa shape index (κ2) is 6.20. The molecule has 0 aromatic carbocycles.